The second-order valence-corrected chi connectivity index (χ2v) is 6.06. The smallest absolute Gasteiger partial charge is 0.123 e. The molecule has 0 radical (unpaired) electrons. The Labute approximate surface area is 127 Å². The number of piperidine rings is 1. The Bertz CT molecular complexity index is 478. The van der Waals surface area contributed by atoms with Crippen molar-refractivity contribution in [3.8, 4) is 11.5 Å². The Kier molecular flexibility index (Phi) is 4.50. The maximum absolute atomic E-state index is 9.79. The highest BCUT2D eigenvalue weighted by Crippen LogP contribution is 2.47. The Morgan fingerprint density at radius 1 is 1.45 bits per heavy atom. The third kappa shape index (κ3) is 2.38. The van der Waals surface area contributed by atoms with Crippen LogP contribution in [0.2, 0.25) is 0 Å². The standard InChI is InChI=1S/C16H23NO2.ClH/c1-3-8-17-9-4-7-16(2)13-10-12(18)5-6-14(13)19-11-15(16)17;/h5-6,10,15,18H,3-4,7-9,11H2,1-2H3;1H/t15-,16+;/m0./s1. The van der Waals surface area contributed by atoms with Gasteiger partial charge >= 0.3 is 0 Å². The highest BCUT2D eigenvalue weighted by molar-refractivity contribution is 5.85. The third-order valence-corrected chi connectivity index (χ3v) is 4.80. The number of benzene rings is 1. The number of aromatic hydroxyl groups is 1. The van der Waals surface area contributed by atoms with E-state index in [9.17, 15) is 5.11 Å². The van der Waals surface area contributed by atoms with Crippen molar-refractivity contribution in [1.29, 1.82) is 0 Å². The molecule has 4 heteroatoms. The molecule has 2 heterocycles. The maximum Gasteiger partial charge on any atom is 0.123 e. The van der Waals surface area contributed by atoms with E-state index < -0.39 is 0 Å². The summed E-state index contributed by atoms with van der Waals surface area (Å²) in [4.78, 5) is 2.57. The largest absolute Gasteiger partial charge is 0.508 e. The normalized spacial score (nSPS) is 28.8. The summed E-state index contributed by atoms with van der Waals surface area (Å²) >= 11 is 0. The third-order valence-electron chi connectivity index (χ3n) is 4.80. The van der Waals surface area contributed by atoms with E-state index in [1.54, 1.807) is 6.07 Å². The molecule has 1 N–H and O–H groups in total. The quantitative estimate of drug-likeness (QED) is 0.909. The van der Waals surface area contributed by atoms with Crippen molar-refractivity contribution in [2.75, 3.05) is 19.7 Å². The van der Waals surface area contributed by atoms with Crippen LogP contribution < -0.4 is 4.74 Å². The molecule has 0 amide bonds. The van der Waals surface area contributed by atoms with Gasteiger partial charge in [0.1, 0.15) is 18.1 Å². The minimum Gasteiger partial charge on any atom is -0.508 e. The first-order chi connectivity index (χ1) is 9.15. The zero-order valence-electron chi connectivity index (χ0n) is 12.3. The second-order valence-electron chi connectivity index (χ2n) is 6.06. The molecule has 1 aromatic carbocycles. The van der Waals surface area contributed by atoms with Crippen molar-refractivity contribution in [3.05, 3.63) is 23.8 Å². The Morgan fingerprint density at radius 2 is 2.25 bits per heavy atom. The predicted octanol–water partition coefficient (Wildman–Crippen LogP) is 3.34. The highest BCUT2D eigenvalue weighted by atomic mass is 35.5. The van der Waals surface area contributed by atoms with E-state index in [1.165, 1.54) is 31.4 Å². The average Bonchev–Trinajstić information content (AvgIpc) is 2.39. The lowest BCUT2D eigenvalue weighted by atomic mass is 9.68. The molecule has 20 heavy (non-hydrogen) atoms. The summed E-state index contributed by atoms with van der Waals surface area (Å²) in [5.41, 5.74) is 1.30. The number of fused-ring (bicyclic) bond motifs is 3. The number of phenolic OH excluding ortho intramolecular Hbond substituents is 1. The number of hydrogen-bond acceptors (Lipinski definition) is 3. The van der Waals surface area contributed by atoms with Crippen molar-refractivity contribution < 1.29 is 9.84 Å². The molecular formula is C16H24ClNO2. The van der Waals surface area contributed by atoms with Crippen molar-refractivity contribution in [3.63, 3.8) is 0 Å². The van der Waals surface area contributed by atoms with Crippen LogP contribution in [-0.2, 0) is 5.41 Å². The minimum atomic E-state index is 0. The van der Waals surface area contributed by atoms with Crippen LogP contribution in [0.15, 0.2) is 18.2 Å². The van der Waals surface area contributed by atoms with Gasteiger partial charge in [0.15, 0.2) is 0 Å². The van der Waals surface area contributed by atoms with E-state index in [0.29, 0.717) is 11.8 Å². The van der Waals surface area contributed by atoms with Gasteiger partial charge in [-0.2, -0.15) is 0 Å². The molecule has 0 bridgehead atoms. The summed E-state index contributed by atoms with van der Waals surface area (Å²) in [6.07, 6.45) is 3.58. The fraction of sp³-hybridized carbons (Fsp3) is 0.625. The molecule has 1 saturated heterocycles. The van der Waals surface area contributed by atoms with Crippen LogP contribution in [0.25, 0.3) is 0 Å². The van der Waals surface area contributed by atoms with Crippen LogP contribution in [0.5, 0.6) is 11.5 Å². The van der Waals surface area contributed by atoms with Gasteiger partial charge in [-0.05, 0) is 50.6 Å². The summed E-state index contributed by atoms with van der Waals surface area (Å²) < 4.78 is 5.94. The molecule has 2 aliphatic rings. The van der Waals surface area contributed by atoms with Gasteiger partial charge in [-0.15, -0.1) is 12.4 Å². The molecule has 0 saturated carbocycles. The molecule has 3 rings (SSSR count). The molecule has 0 aliphatic carbocycles. The first-order valence-electron chi connectivity index (χ1n) is 7.35. The Balaban J connectivity index is 0.00000147. The summed E-state index contributed by atoms with van der Waals surface area (Å²) in [7, 11) is 0. The molecule has 112 valence electrons. The number of hydrogen-bond donors (Lipinski definition) is 1. The van der Waals surface area contributed by atoms with Crippen LogP contribution in [0.3, 0.4) is 0 Å². The second kappa shape index (κ2) is 5.82. The molecule has 0 spiro atoms. The molecule has 3 nitrogen and oxygen atoms in total. The summed E-state index contributed by atoms with van der Waals surface area (Å²) in [5, 5.41) is 9.79. The monoisotopic (exact) mass is 297 g/mol. The van der Waals surface area contributed by atoms with Gasteiger partial charge in [-0.25, -0.2) is 0 Å². The van der Waals surface area contributed by atoms with Crippen molar-refractivity contribution >= 4 is 12.4 Å². The molecule has 2 atom stereocenters. The minimum absolute atomic E-state index is 0. The molecular weight excluding hydrogens is 274 g/mol. The van der Waals surface area contributed by atoms with E-state index in [4.69, 9.17) is 4.74 Å². The van der Waals surface area contributed by atoms with Gasteiger partial charge in [0.25, 0.3) is 0 Å². The topological polar surface area (TPSA) is 32.7 Å². The van der Waals surface area contributed by atoms with Crippen molar-refractivity contribution in [2.45, 2.75) is 44.6 Å². The maximum atomic E-state index is 9.79. The number of likely N-dealkylation sites (tertiary alicyclic amines) is 1. The number of rotatable bonds is 2. The Hall–Kier alpha value is -0.930. The zero-order chi connectivity index (χ0) is 13.5. The highest BCUT2D eigenvalue weighted by Gasteiger charge is 2.46. The summed E-state index contributed by atoms with van der Waals surface area (Å²) in [6.45, 7) is 7.65. The van der Waals surface area contributed by atoms with Gasteiger partial charge < -0.3 is 9.84 Å². The molecule has 2 aliphatic heterocycles. The first kappa shape index (κ1) is 15.5. The zero-order valence-corrected chi connectivity index (χ0v) is 13.1. The fourth-order valence-electron chi connectivity index (χ4n) is 3.79. The van der Waals surface area contributed by atoms with Crippen molar-refractivity contribution in [1.82, 2.24) is 4.90 Å². The average molecular weight is 298 g/mol. The summed E-state index contributed by atoms with van der Waals surface area (Å²) in [6, 6.07) is 5.97. The van der Waals surface area contributed by atoms with Crippen LogP contribution in [0.1, 0.15) is 38.7 Å². The SMILES string of the molecule is CCCN1CCC[C@]2(C)c3cc(O)ccc3OC[C@H]12.Cl. The van der Waals surface area contributed by atoms with E-state index >= 15 is 0 Å². The van der Waals surface area contributed by atoms with Crippen LogP contribution >= 0.6 is 12.4 Å². The van der Waals surface area contributed by atoms with Gasteiger partial charge in [0.2, 0.25) is 0 Å². The number of halogens is 1. The first-order valence-corrected chi connectivity index (χ1v) is 7.35. The Morgan fingerprint density at radius 3 is 3.00 bits per heavy atom. The van der Waals surface area contributed by atoms with Crippen LogP contribution in [0, 0.1) is 0 Å². The van der Waals surface area contributed by atoms with E-state index in [0.717, 1.165) is 18.9 Å². The van der Waals surface area contributed by atoms with Crippen molar-refractivity contribution in [2.24, 2.45) is 0 Å². The predicted molar refractivity (Wildman–Crippen MR) is 83.1 cm³/mol. The molecule has 1 aromatic rings. The lowest BCUT2D eigenvalue weighted by Gasteiger charge is -2.51. The lowest BCUT2D eigenvalue weighted by molar-refractivity contribution is 0.0222. The number of ether oxygens (including phenoxy) is 1. The summed E-state index contributed by atoms with van der Waals surface area (Å²) in [5.74, 6) is 1.30. The van der Waals surface area contributed by atoms with Crippen LogP contribution in [0.4, 0.5) is 0 Å². The van der Waals surface area contributed by atoms with E-state index in [2.05, 4.69) is 18.7 Å². The van der Waals surface area contributed by atoms with Gasteiger partial charge in [0, 0.05) is 11.0 Å². The van der Waals surface area contributed by atoms with E-state index in [-0.39, 0.29) is 17.8 Å². The van der Waals surface area contributed by atoms with E-state index in [1.807, 2.05) is 12.1 Å². The molecule has 0 unspecified atom stereocenters. The fourth-order valence-corrected chi connectivity index (χ4v) is 3.79. The lowest BCUT2D eigenvalue weighted by Crippen LogP contribution is -2.58. The van der Waals surface area contributed by atoms with Gasteiger partial charge in [0.05, 0.1) is 6.04 Å². The van der Waals surface area contributed by atoms with Crippen LogP contribution in [-0.4, -0.2) is 35.7 Å². The van der Waals surface area contributed by atoms with Gasteiger partial charge in [-0.3, -0.25) is 4.90 Å². The number of phenols is 1. The number of nitrogens with zero attached hydrogens (tertiary/aromatic N) is 1. The molecule has 1 fully saturated rings. The van der Waals surface area contributed by atoms with Gasteiger partial charge in [-0.1, -0.05) is 13.8 Å². The molecule has 0 aromatic heterocycles.